The van der Waals surface area contributed by atoms with Gasteiger partial charge in [0.1, 0.15) is 16.5 Å². The van der Waals surface area contributed by atoms with E-state index in [1.165, 1.54) is 23.9 Å². The van der Waals surface area contributed by atoms with Crippen LogP contribution in [0.2, 0.25) is 0 Å². The van der Waals surface area contributed by atoms with Crippen LogP contribution in [0, 0.1) is 5.82 Å². The first-order chi connectivity index (χ1) is 11.7. The Kier molecular flexibility index (Phi) is 3.62. The molecule has 0 spiro atoms. The molecule has 0 aliphatic carbocycles. The number of aromatic nitrogens is 4. The number of nitrogens with two attached hydrogens (primary N) is 1. The first-order valence-electron chi connectivity index (χ1n) is 7.20. The Balaban J connectivity index is 1.73. The summed E-state index contributed by atoms with van der Waals surface area (Å²) in [7, 11) is 0. The number of para-hydroxylation sites is 2. The van der Waals surface area contributed by atoms with Gasteiger partial charge >= 0.3 is 0 Å². The van der Waals surface area contributed by atoms with Gasteiger partial charge in [-0.3, -0.25) is 0 Å². The Morgan fingerprint density at radius 1 is 1.04 bits per heavy atom. The van der Waals surface area contributed by atoms with Gasteiger partial charge in [-0.25, -0.2) is 19.3 Å². The molecule has 0 aliphatic heterocycles. The molecule has 4 aromatic rings. The van der Waals surface area contributed by atoms with E-state index in [4.69, 9.17) is 5.73 Å². The van der Waals surface area contributed by atoms with Gasteiger partial charge in [0, 0.05) is 4.90 Å². The highest BCUT2D eigenvalue weighted by molar-refractivity contribution is 7.99. The van der Waals surface area contributed by atoms with Crippen LogP contribution in [0.4, 0.5) is 10.2 Å². The summed E-state index contributed by atoms with van der Waals surface area (Å²) >= 11 is 1.32. The lowest BCUT2D eigenvalue weighted by Crippen LogP contribution is -1.99. The quantitative estimate of drug-likeness (QED) is 0.593. The minimum absolute atomic E-state index is 0.289. The number of hydrogen-bond acceptors (Lipinski definition) is 5. The van der Waals surface area contributed by atoms with Crippen molar-refractivity contribution in [2.45, 2.75) is 9.92 Å². The molecular formula is C17H12FN5S. The van der Waals surface area contributed by atoms with E-state index >= 15 is 0 Å². The van der Waals surface area contributed by atoms with E-state index < -0.39 is 0 Å². The zero-order valence-corrected chi connectivity index (χ0v) is 13.2. The number of anilines is 1. The van der Waals surface area contributed by atoms with Crippen LogP contribution in [0.5, 0.6) is 0 Å². The van der Waals surface area contributed by atoms with E-state index in [2.05, 4.69) is 19.9 Å². The topological polar surface area (TPSA) is 80.5 Å². The van der Waals surface area contributed by atoms with Crippen LogP contribution in [0.25, 0.3) is 22.6 Å². The largest absolute Gasteiger partial charge is 0.382 e. The van der Waals surface area contributed by atoms with Gasteiger partial charge in [0.2, 0.25) is 0 Å². The van der Waals surface area contributed by atoms with E-state index in [1.807, 2.05) is 30.3 Å². The first kappa shape index (κ1) is 14.6. The summed E-state index contributed by atoms with van der Waals surface area (Å²) in [6.45, 7) is 0. The third-order valence-electron chi connectivity index (χ3n) is 3.41. The lowest BCUT2D eigenvalue weighted by molar-refractivity contribution is 0.624. The molecular weight excluding hydrogens is 325 g/mol. The van der Waals surface area contributed by atoms with E-state index in [0.717, 1.165) is 15.9 Å². The van der Waals surface area contributed by atoms with E-state index in [9.17, 15) is 4.39 Å². The molecule has 3 N–H and O–H groups in total. The standard InChI is InChI=1S/C17H12FN5S/c18-10-4-3-5-11(8-10)24-14-9-20-16(19)15(23-14)17-21-12-6-1-2-7-13(12)22-17/h1-9H,(H2,19,20)(H,21,22). The molecule has 2 aromatic carbocycles. The van der Waals surface area contributed by atoms with Crippen molar-refractivity contribution in [1.29, 1.82) is 0 Å². The smallest absolute Gasteiger partial charge is 0.161 e. The zero-order valence-electron chi connectivity index (χ0n) is 12.4. The van der Waals surface area contributed by atoms with Gasteiger partial charge in [-0.2, -0.15) is 0 Å². The van der Waals surface area contributed by atoms with Gasteiger partial charge in [0.15, 0.2) is 11.6 Å². The Morgan fingerprint density at radius 2 is 1.92 bits per heavy atom. The Hall–Kier alpha value is -2.93. The van der Waals surface area contributed by atoms with Gasteiger partial charge in [-0.15, -0.1) is 0 Å². The number of imidazole rings is 1. The number of hydrogen-bond donors (Lipinski definition) is 2. The number of benzene rings is 2. The normalized spacial score (nSPS) is 11.0. The van der Waals surface area contributed by atoms with Gasteiger partial charge in [-0.1, -0.05) is 30.0 Å². The monoisotopic (exact) mass is 337 g/mol. The number of halogens is 1. The molecule has 24 heavy (non-hydrogen) atoms. The summed E-state index contributed by atoms with van der Waals surface area (Å²) in [5.41, 5.74) is 8.17. The van der Waals surface area contributed by atoms with Crippen molar-refractivity contribution in [2.75, 3.05) is 5.73 Å². The summed E-state index contributed by atoms with van der Waals surface area (Å²) < 4.78 is 13.3. The highest BCUT2D eigenvalue weighted by Crippen LogP contribution is 2.29. The summed E-state index contributed by atoms with van der Waals surface area (Å²) in [6, 6.07) is 14.0. The van der Waals surface area contributed by atoms with Gasteiger partial charge in [0.05, 0.1) is 17.2 Å². The van der Waals surface area contributed by atoms with Crippen molar-refractivity contribution < 1.29 is 4.39 Å². The van der Waals surface area contributed by atoms with Crippen molar-refractivity contribution in [1.82, 2.24) is 19.9 Å². The van der Waals surface area contributed by atoms with Gasteiger partial charge in [0.25, 0.3) is 0 Å². The van der Waals surface area contributed by atoms with Crippen molar-refractivity contribution in [3.8, 4) is 11.5 Å². The summed E-state index contributed by atoms with van der Waals surface area (Å²) in [5.74, 6) is 0.557. The molecule has 0 atom stereocenters. The summed E-state index contributed by atoms with van der Waals surface area (Å²) in [4.78, 5) is 17.1. The minimum atomic E-state index is -0.291. The minimum Gasteiger partial charge on any atom is -0.382 e. The number of nitrogen functional groups attached to an aromatic ring is 1. The Labute approximate surface area is 141 Å². The van der Waals surface area contributed by atoms with Crippen LogP contribution >= 0.6 is 11.8 Å². The predicted octanol–water partition coefficient (Wildman–Crippen LogP) is 3.89. The average molecular weight is 337 g/mol. The third kappa shape index (κ3) is 2.81. The van der Waals surface area contributed by atoms with Crippen LogP contribution in [-0.4, -0.2) is 19.9 Å². The second kappa shape index (κ2) is 5.93. The zero-order chi connectivity index (χ0) is 16.5. The fourth-order valence-electron chi connectivity index (χ4n) is 2.32. The Morgan fingerprint density at radius 3 is 2.75 bits per heavy atom. The Bertz CT molecular complexity index is 997. The number of rotatable bonds is 3. The van der Waals surface area contributed by atoms with Crippen molar-refractivity contribution in [3.63, 3.8) is 0 Å². The number of nitrogens with one attached hydrogen (secondary N) is 1. The van der Waals surface area contributed by atoms with Crippen molar-refractivity contribution >= 4 is 28.6 Å². The van der Waals surface area contributed by atoms with Crippen LogP contribution in [0.3, 0.4) is 0 Å². The summed E-state index contributed by atoms with van der Waals surface area (Å²) in [6.07, 6.45) is 1.57. The van der Waals surface area contributed by atoms with E-state index in [-0.39, 0.29) is 11.6 Å². The molecule has 0 bridgehead atoms. The fourth-order valence-corrected chi connectivity index (χ4v) is 3.12. The second-order valence-corrected chi connectivity index (χ2v) is 6.20. The molecule has 0 fully saturated rings. The lowest BCUT2D eigenvalue weighted by Gasteiger charge is -2.05. The number of fused-ring (bicyclic) bond motifs is 1. The van der Waals surface area contributed by atoms with E-state index in [0.29, 0.717) is 16.5 Å². The van der Waals surface area contributed by atoms with Gasteiger partial charge in [-0.05, 0) is 30.3 Å². The maximum atomic E-state index is 13.3. The van der Waals surface area contributed by atoms with Crippen LogP contribution in [-0.2, 0) is 0 Å². The van der Waals surface area contributed by atoms with Crippen LogP contribution in [0.15, 0.2) is 64.6 Å². The number of H-pyrrole nitrogens is 1. The van der Waals surface area contributed by atoms with Crippen molar-refractivity contribution in [3.05, 3.63) is 60.5 Å². The highest BCUT2D eigenvalue weighted by atomic mass is 32.2. The summed E-state index contributed by atoms with van der Waals surface area (Å²) in [5, 5.41) is 0.616. The first-order valence-corrected chi connectivity index (χ1v) is 8.02. The molecule has 5 nitrogen and oxygen atoms in total. The van der Waals surface area contributed by atoms with Crippen LogP contribution in [0.1, 0.15) is 0 Å². The SMILES string of the molecule is Nc1ncc(Sc2cccc(F)c2)nc1-c1nc2ccccc2[nH]1. The number of nitrogens with zero attached hydrogens (tertiary/aromatic N) is 3. The molecule has 2 aromatic heterocycles. The second-order valence-electron chi connectivity index (χ2n) is 5.10. The molecule has 4 rings (SSSR count). The molecule has 0 amide bonds. The molecule has 2 heterocycles. The van der Waals surface area contributed by atoms with E-state index in [1.54, 1.807) is 12.3 Å². The molecule has 0 unspecified atom stereocenters. The maximum absolute atomic E-state index is 13.3. The fraction of sp³-hybridized carbons (Fsp3) is 0. The van der Waals surface area contributed by atoms with Crippen LogP contribution < -0.4 is 5.73 Å². The average Bonchev–Trinajstić information content (AvgIpc) is 3.00. The van der Waals surface area contributed by atoms with Gasteiger partial charge < -0.3 is 10.7 Å². The molecule has 118 valence electrons. The molecule has 0 radical (unpaired) electrons. The maximum Gasteiger partial charge on any atom is 0.161 e. The molecule has 7 heteroatoms. The predicted molar refractivity (Wildman–Crippen MR) is 92.1 cm³/mol. The lowest BCUT2D eigenvalue weighted by atomic mass is 10.3. The van der Waals surface area contributed by atoms with Crippen molar-refractivity contribution in [2.24, 2.45) is 0 Å². The molecule has 0 saturated carbocycles. The highest BCUT2D eigenvalue weighted by Gasteiger charge is 2.13. The molecule has 0 aliphatic rings. The number of aromatic amines is 1. The third-order valence-corrected chi connectivity index (χ3v) is 4.31. The molecule has 0 saturated heterocycles.